The molecule has 21 heavy (non-hydrogen) atoms. The van der Waals surface area contributed by atoms with Gasteiger partial charge in [-0.3, -0.25) is 0 Å². The molecule has 3 N–H and O–H groups in total. The van der Waals surface area contributed by atoms with Crippen LogP contribution in [0.3, 0.4) is 0 Å². The molecule has 1 aliphatic carbocycles. The standard InChI is InChI=1S/C16H19N3O2/c17-19-16-12(10-4-2-1-3-5-10)6-11-7-14-15(21-9-20-14)8-13(11)18-16/h6-8,10H,1-5,9,17H2,(H,18,19). The average molecular weight is 285 g/mol. The fraction of sp³-hybridized carbons (Fsp3) is 0.438. The van der Waals surface area contributed by atoms with Gasteiger partial charge in [0.2, 0.25) is 6.79 Å². The number of nitrogens with two attached hydrogens (primary N) is 1. The fourth-order valence-corrected chi connectivity index (χ4v) is 3.42. The predicted molar refractivity (Wildman–Crippen MR) is 81.5 cm³/mol. The Balaban J connectivity index is 1.83. The highest BCUT2D eigenvalue weighted by molar-refractivity contribution is 5.85. The summed E-state index contributed by atoms with van der Waals surface area (Å²) in [5.41, 5.74) is 4.88. The molecule has 0 amide bonds. The second-order valence-electron chi connectivity index (χ2n) is 5.80. The smallest absolute Gasteiger partial charge is 0.231 e. The van der Waals surface area contributed by atoms with Gasteiger partial charge in [0.05, 0.1) is 5.52 Å². The van der Waals surface area contributed by atoms with Gasteiger partial charge in [-0.15, -0.1) is 0 Å². The number of hydrazine groups is 1. The number of nitrogens with zero attached hydrogens (tertiary/aromatic N) is 1. The monoisotopic (exact) mass is 285 g/mol. The summed E-state index contributed by atoms with van der Waals surface area (Å²) in [6, 6.07) is 6.13. The van der Waals surface area contributed by atoms with Gasteiger partial charge in [-0.05, 0) is 36.5 Å². The fourth-order valence-electron chi connectivity index (χ4n) is 3.42. The average Bonchev–Trinajstić information content (AvgIpc) is 2.99. The molecule has 1 aliphatic heterocycles. The summed E-state index contributed by atoms with van der Waals surface area (Å²) in [5.74, 6) is 8.58. The zero-order chi connectivity index (χ0) is 14.2. The molecule has 1 aromatic heterocycles. The molecule has 1 saturated carbocycles. The van der Waals surface area contributed by atoms with Crippen molar-refractivity contribution < 1.29 is 9.47 Å². The van der Waals surface area contributed by atoms with Crippen LogP contribution in [0, 0.1) is 0 Å². The molecule has 4 rings (SSSR count). The first kappa shape index (κ1) is 12.7. The van der Waals surface area contributed by atoms with Crippen LogP contribution in [0.15, 0.2) is 18.2 Å². The van der Waals surface area contributed by atoms with E-state index in [1.54, 1.807) is 0 Å². The first-order valence-corrected chi connectivity index (χ1v) is 7.56. The summed E-state index contributed by atoms with van der Waals surface area (Å²) in [5, 5.41) is 1.08. The lowest BCUT2D eigenvalue weighted by molar-refractivity contribution is 0.174. The van der Waals surface area contributed by atoms with Gasteiger partial charge in [-0.1, -0.05) is 19.3 Å². The summed E-state index contributed by atoms with van der Waals surface area (Å²) in [7, 11) is 0. The molecule has 5 nitrogen and oxygen atoms in total. The van der Waals surface area contributed by atoms with Crippen LogP contribution >= 0.6 is 0 Å². The lowest BCUT2D eigenvalue weighted by atomic mass is 9.84. The summed E-state index contributed by atoms with van der Waals surface area (Å²) >= 11 is 0. The predicted octanol–water partition coefficient (Wildman–Crippen LogP) is 3.30. The number of pyridine rings is 1. The van der Waals surface area contributed by atoms with Crippen LogP contribution in [-0.4, -0.2) is 11.8 Å². The van der Waals surface area contributed by atoms with Gasteiger partial charge in [0.15, 0.2) is 11.5 Å². The van der Waals surface area contributed by atoms with Gasteiger partial charge in [-0.25, -0.2) is 10.8 Å². The number of hydrogen-bond acceptors (Lipinski definition) is 5. The quantitative estimate of drug-likeness (QED) is 0.654. The van der Waals surface area contributed by atoms with Crippen LogP contribution in [0.5, 0.6) is 11.5 Å². The van der Waals surface area contributed by atoms with E-state index < -0.39 is 0 Å². The Labute approximate surface area is 123 Å². The third-order valence-electron chi connectivity index (χ3n) is 4.52. The topological polar surface area (TPSA) is 69.4 Å². The van der Waals surface area contributed by atoms with Gasteiger partial charge in [0.25, 0.3) is 0 Å². The van der Waals surface area contributed by atoms with E-state index in [2.05, 4.69) is 16.5 Å². The van der Waals surface area contributed by atoms with Crippen molar-refractivity contribution in [2.45, 2.75) is 38.0 Å². The lowest BCUT2D eigenvalue weighted by Gasteiger charge is -2.24. The SMILES string of the molecule is NNc1nc2cc3c(cc2cc1C1CCCCC1)OCO3. The summed E-state index contributed by atoms with van der Waals surface area (Å²) in [6.07, 6.45) is 6.34. The Morgan fingerprint density at radius 3 is 2.57 bits per heavy atom. The van der Waals surface area contributed by atoms with Crippen molar-refractivity contribution >= 4 is 16.7 Å². The highest BCUT2D eigenvalue weighted by Gasteiger charge is 2.21. The molecule has 0 spiro atoms. The van der Waals surface area contributed by atoms with Crippen molar-refractivity contribution in [3.63, 3.8) is 0 Å². The number of nitrogen functional groups attached to an aromatic ring is 1. The largest absolute Gasteiger partial charge is 0.454 e. The minimum absolute atomic E-state index is 0.281. The van der Waals surface area contributed by atoms with Crippen molar-refractivity contribution in [3.05, 3.63) is 23.8 Å². The van der Waals surface area contributed by atoms with Crippen molar-refractivity contribution in [3.8, 4) is 11.5 Å². The van der Waals surface area contributed by atoms with E-state index in [1.807, 2.05) is 12.1 Å². The number of anilines is 1. The molecule has 0 radical (unpaired) electrons. The minimum Gasteiger partial charge on any atom is -0.454 e. The number of benzene rings is 1. The third kappa shape index (κ3) is 2.17. The lowest BCUT2D eigenvalue weighted by Crippen LogP contribution is -2.14. The summed E-state index contributed by atoms with van der Waals surface area (Å²) in [6.45, 7) is 0.281. The Bertz CT molecular complexity index is 681. The van der Waals surface area contributed by atoms with E-state index in [0.29, 0.717) is 5.92 Å². The van der Waals surface area contributed by atoms with Crippen molar-refractivity contribution in [1.29, 1.82) is 0 Å². The van der Waals surface area contributed by atoms with E-state index in [4.69, 9.17) is 15.3 Å². The Hall–Kier alpha value is -2.01. The van der Waals surface area contributed by atoms with E-state index in [-0.39, 0.29) is 6.79 Å². The maximum absolute atomic E-state index is 5.69. The van der Waals surface area contributed by atoms with Crippen molar-refractivity contribution in [1.82, 2.24) is 4.98 Å². The van der Waals surface area contributed by atoms with Gasteiger partial charge < -0.3 is 14.9 Å². The van der Waals surface area contributed by atoms with Gasteiger partial charge in [0, 0.05) is 11.5 Å². The summed E-state index contributed by atoms with van der Waals surface area (Å²) in [4.78, 5) is 4.67. The van der Waals surface area contributed by atoms with E-state index in [1.165, 1.54) is 37.7 Å². The molecule has 2 aliphatic rings. The van der Waals surface area contributed by atoms with E-state index in [0.717, 1.165) is 28.2 Å². The number of ether oxygens (including phenoxy) is 2. The van der Waals surface area contributed by atoms with E-state index in [9.17, 15) is 0 Å². The van der Waals surface area contributed by atoms with Crippen LogP contribution in [0.25, 0.3) is 10.9 Å². The number of fused-ring (bicyclic) bond motifs is 2. The molecular formula is C16H19N3O2. The normalized spacial score (nSPS) is 18.1. The molecule has 0 atom stereocenters. The number of rotatable bonds is 2. The third-order valence-corrected chi connectivity index (χ3v) is 4.52. The Morgan fingerprint density at radius 2 is 1.81 bits per heavy atom. The molecule has 110 valence electrons. The van der Waals surface area contributed by atoms with Crippen molar-refractivity contribution in [2.75, 3.05) is 12.2 Å². The zero-order valence-electron chi connectivity index (χ0n) is 11.9. The maximum Gasteiger partial charge on any atom is 0.231 e. The number of hydrogen-bond donors (Lipinski definition) is 2. The molecule has 2 heterocycles. The number of aromatic nitrogens is 1. The Morgan fingerprint density at radius 1 is 1.05 bits per heavy atom. The molecule has 2 aromatic rings. The first-order chi connectivity index (χ1) is 10.3. The molecule has 0 unspecified atom stereocenters. The second-order valence-corrected chi connectivity index (χ2v) is 5.80. The molecule has 5 heteroatoms. The van der Waals surface area contributed by atoms with Crippen LogP contribution in [0.2, 0.25) is 0 Å². The Kier molecular flexibility index (Phi) is 3.07. The highest BCUT2D eigenvalue weighted by Crippen LogP contribution is 2.40. The maximum atomic E-state index is 5.69. The molecule has 1 fully saturated rings. The van der Waals surface area contributed by atoms with Gasteiger partial charge >= 0.3 is 0 Å². The summed E-state index contributed by atoms with van der Waals surface area (Å²) < 4.78 is 10.9. The number of nitrogens with one attached hydrogen (secondary N) is 1. The molecule has 0 saturated heterocycles. The van der Waals surface area contributed by atoms with Gasteiger partial charge in [0.1, 0.15) is 5.82 Å². The van der Waals surface area contributed by atoms with Crippen molar-refractivity contribution in [2.24, 2.45) is 5.84 Å². The molecule has 0 bridgehead atoms. The van der Waals surface area contributed by atoms with Crippen LogP contribution in [-0.2, 0) is 0 Å². The molecular weight excluding hydrogens is 266 g/mol. The zero-order valence-corrected chi connectivity index (χ0v) is 11.9. The van der Waals surface area contributed by atoms with E-state index >= 15 is 0 Å². The van der Waals surface area contributed by atoms with Crippen LogP contribution in [0.4, 0.5) is 5.82 Å². The molecule has 1 aromatic carbocycles. The van der Waals surface area contributed by atoms with Crippen LogP contribution in [0.1, 0.15) is 43.6 Å². The second kappa shape index (κ2) is 5.07. The van der Waals surface area contributed by atoms with Gasteiger partial charge in [-0.2, -0.15) is 0 Å². The highest BCUT2D eigenvalue weighted by atomic mass is 16.7. The first-order valence-electron chi connectivity index (χ1n) is 7.56. The van der Waals surface area contributed by atoms with Crippen LogP contribution < -0.4 is 20.7 Å². The minimum atomic E-state index is 0.281.